The zero-order chi connectivity index (χ0) is 18.5. The summed E-state index contributed by atoms with van der Waals surface area (Å²) in [6.07, 6.45) is 9.17. The molecule has 0 aromatic carbocycles. The van der Waals surface area contributed by atoms with Gasteiger partial charge in [-0.3, -0.25) is 4.68 Å². The number of rotatable bonds is 6. The van der Waals surface area contributed by atoms with E-state index in [1.54, 1.807) is 0 Å². The van der Waals surface area contributed by atoms with Gasteiger partial charge in [-0.2, -0.15) is 5.10 Å². The maximum atomic E-state index is 4.87. The lowest BCUT2D eigenvalue weighted by molar-refractivity contribution is 0.482. The number of hydrogen-bond donors (Lipinski definition) is 1. The minimum absolute atomic E-state index is 0. The van der Waals surface area contributed by atoms with Crippen molar-refractivity contribution in [1.29, 1.82) is 0 Å². The molecule has 150 valence electrons. The van der Waals surface area contributed by atoms with Gasteiger partial charge in [0, 0.05) is 57.7 Å². The highest BCUT2D eigenvalue weighted by Gasteiger charge is 2.27. The molecule has 0 spiro atoms. The molecule has 1 fully saturated rings. The van der Waals surface area contributed by atoms with Gasteiger partial charge in [0.2, 0.25) is 0 Å². The Hall–Kier alpha value is -1.58. The van der Waals surface area contributed by atoms with Crippen molar-refractivity contribution in [3.63, 3.8) is 0 Å². The fraction of sp³-hybridized carbons (Fsp3) is 0.632. The molecule has 1 aliphatic heterocycles. The van der Waals surface area contributed by atoms with E-state index < -0.39 is 0 Å². The van der Waals surface area contributed by atoms with Gasteiger partial charge in [-0.1, -0.05) is 13.8 Å². The Morgan fingerprint density at radius 3 is 2.89 bits per heavy atom. The van der Waals surface area contributed by atoms with Crippen LogP contribution < -0.4 is 5.32 Å². The van der Waals surface area contributed by atoms with Crippen LogP contribution in [-0.4, -0.2) is 49.8 Å². The number of nitrogens with zero attached hydrogens (tertiary/aromatic N) is 6. The van der Waals surface area contributed by atoms with Crippen molar-refractivity contribution in [2.24, 2.45) is 18.0 Å². The van der Waals surface area contributed by atoms with E-state index in [-0.39, 0.29) is 24.0 Å². The first kappa shape index (κ1) is 21.7. The van der Waals surface area contributed by atoms with Crippen LogP contribution in [0.25, 0.3) is 0 Å². The van der Waals surface area contributed by atoms with Crippen LogP contribution in [0, 0.1) is 5.92 Å². The Bertz CT molecular complexity index is 734. The van der Waals surface area contributed by atoms with E-state index in [4.69, 9.17) is 4.99 Å². The third-order valence-electron chi connectivity index (χ3n) is 4.75. The molecule has 3 heterocycles. The van der Waals surface area contributed by atoms with E-state index in [9.17, 15) is 0 Å². The van der Waals surface area contributed by atoms with Gasteiger partial charge in [0.1, 0.15) is 12.4 Å². The summed E-state index contributed by atoms with van der Waals surface area (Å²) in [4.78, 5) is 11.7. The first-order valence-corrected chi connectivity index (χ1v) is 9.58. The number of likely N-dealkylation sites (tertiary alicyclic amines) is 1. The van der Waals surface area contributed by atoms with E-state index in [0.717, 1.165) is 44.4 Å². The van der Waals surface area contributed by atoms with Gasteiger partial charge in [-0.25, -0.2) is 9.98 Å². The molecule has 1 N–H and O–H groups in total. The summed E-state index contributed by atoms with van der Waals surface area (Å²) in [7, 11) is 1.97. The molecule has 0 saturated carbocycles. The Balaban J connectivity index is 0.00000261. The lowest BCUT2D eigenvalue weighted by atomic mass is 10.0. The number of imidazole rings is 1. The molecule has 0 radical (unpaired) electrons. The second kappa shape index (κ2) is 10.1. The molecule has 1 atom stereocenters. The quantitative estimate of drug-likeness (QED) is 0.389. The number of nitrogens with one attached hydrogen (secondary N) is 1. The van der Waals surface area contributed by atoms with Crippen LogP contribution in [0.1, 0.15) is 44.5 Å². The molecule has 0 aliphatic carbocycles. The van der Waals surface area contributed by atoms with Crippen LogP contribution in [0.15, 0.2) is 29.8 Å². The molecule has 2 aromatic heterocycles. The van der Waals surface area contributed by atoms with Gasteiger partial charge in [0.25, 0.3) is 0 Å². The molecule has 0 amide bonds. The Kier molecular flexibility index (Phi) is 8.12. The van der Waals surface area contributed by atoms with Gasteiger partial charge in [0.05, 0.1) is 6.20 Å². The number of aromatic nitrogens is 4. The number of halogens is 1. The first-order chi connectivity index (χ1) is 12.6. The SMILES string of the molecule is CCNC(=NCc1nccn1CC(C)C)N1CCC(c2cnn(C)c2)C1.I. The van der Waals surface area contributed by atoms with E-state index in [0.29, 0.717) is 18.4 Å². The van der Waals surface area contributed by atoms with Crippen LogP contribution >= 0.6 is 24.0 Å². The van der Waals surface area contributed by atoms with E-state index in [1.807, 2.05) is 30.3 Å². The van der Waals surface area contributed by atoms with Crippen LogP contribution in [0.2, 0.25) is 0 Å². The minimum Gasteiger partial charge on any atom is -0.357 e. The molecule has 1 aliphatic rings. The second-order valence-corrected chi connectivity index (χ2v) is 7.44. The molecule has 2 aromatic rings. The predicted octanol–water partition coefficient (Wildman–Crippen LogP) is 2.85. The van der Waals surface area contributed by atoms with Crippen molar-refractivity contribution < 1.29 is 0 Å². The Labute approximate surface area is 179 Å². The highest BCUT2D eigenvalue weighted by atomic mass is 127. The van der Waals surface area contributed by atoms with Crippen molar-refractivity contribution in [2.75, 3.05) is 19.6 Å². The molecule has 3 rings (SSSR count). The first-order valence-electron chi connectivity index (χ1n) is 9.58. The average Bonchev–Trinajstić information content (AvgIpc) is 3.32. The number of aryl methyl sites for hydroxylation is 1. The fourth-order valence-electron chi connectivity index (χ4n) is 3.50. The molecular weight excluding hydrogens is 453 g/mol. The zero-order valence-corrected chi connectivity index (χ0v) is 19.1. The molecular formula is C19H32IN7. The lowest BCUT2D eigenvalue weighted by Gasteiger charge is -2.21. The van der Waals surface area contributed by atoms with Crippen molar-refractivity contribution in [2.45, 2.75) is 46.2 Å². The Morgan fingerprint density at radius 2 is 2.22 bits per heavy atom. The normalized spacial score (nSPS) is 17.4. The monoisotopic (exact) mass is 485 g/mol. The molecule has 7 nitrogen and oxygen atoms in total. The summed E-state index contributed by atoms with van der Waals surface area (Å²) in [5, 5.41) is 7.75. The smallest absolute Gasteiger partial charge is 0.194 e. The lowest BCUT2D eigenvalue weighted by Crippen LogP contribution is -2.40. The Morgan fingerprint density at radius 1 is 1.41 bits per heavy atom. The maximum absolute atomic E-state index is 4.87. The third-order valence-corrected chi connectivity index (χ3v) is 4.75. The van der Waals surface area contributed by atoms with Gasteiger partial charge in [-0.15, -0.1) is 24.0 Å². The maximum Gasteiger partial charge on any atom is 0.194 e. The van der Waals surface area contributed by atoms with Crippen LogP contribution in [-0.2, 0) is 20.1 Å². The van der Waals surface area contributed by atoms with Crippen molar-refractivity contribution in [1.82, 2.24) is 29.5 Å². The molecule has 1 unspecified atom stereocenters. The summed E-state index contributed by atoms with van der Waals surface area (Å²) < 4.78 is 4.09. The number of aliphatic imine (C=N–C) groups is 1. The van der Waals surface area contributed by atoms with Crippen molar-refractivity contribution >= 4 is 29.9 Å². The molecule has 1 saturated heterocycles. The number of guanidine groups is 1. The fourth-order valence-corrected chi connectivity index (χ4v) is 3.50. The highest BCUT2D eigenvalue weighted by Crippen LogP contribution is 2.26. The average molecular weight is 485 g/mol. The van der Waals surface area contributed by atoms with E-state index in [1.165, 1.54) is 5.56 Å². The van der Waals surface area contributed by atoms with Crippen molar-refractivity contribution in [3.05, 3.63) is 36.2 Å². The second-order valence-electron chi connectivity index (χ2n) is 7.44. The standard InChI is InChI=1S/C19H31N7.HI/c1-5-20-19(22-11-18-21-7-9-25(18)12-15(2)3)26-8-6-16(14-26)17-10-23-24(4)13-17;/h7,9-10,13,15-16H,5-6,8,11-12,14H2,1-4H3,(H,20,22);1H. The highest BCUT2D eigenvalue weighted by molar-refractivity contribution is 14.0. The van der Waals surface area contributed by atoms with Crippen LogP contribution in [0.3, 0.4) is 0 Å². The van der Waals surface area contributed by atoms with Gasteiger partial charge in [-0.05, 0) is 24.8 Å². The zero-order valence-electron chi connectivity index (χ0n) is 16.8. The van der Waals surface area contributed by atoms with E-state index in [2.05, 4.69) is 51.8 Å². The summed E-state index contributed by atoms with van der Waals surface area (Å²) in [6, 6.07) is 0. The molecule has 8 heteroatoms. The summed E-state index contributed by atoms with van der Waals surface area (Å²) in [5.41, 5.74) is 1.32. The van der Waals surface area contributed by atoms with Crippen LogP contribution in [0.5, 0.6) is 0 Å². The summed E-state index contributed by atoms with van der Waals surface area (Å²) in [5.74, 6) is 3.13. The minimum atomic E-state index is 0. The van der Waals surface area contributed by atoms with Gasteiger partial charge in [0.15, 0.2) is 5.96 Å². The van der Waals surface area contributed by atoms with Gasteiger partial charge < -0.3 is 14.8 Å². The molecule has 27 heavy (non-hydrogen) atoms. The molecule has 0 bridgehead atoms. The van der Waals surface area contributed by atoms with Crippen molar-refractivity contribution in [3.8, 4) is 0 Å². The number of hydrogen-bond acceptors (Lipinski definition) is 3. The third kappa shape index (κ3) is 5.70. The summed E-state index contributed by atoms with van der Waals surface area (Å²) in [6.45, 7) is 11.0. The van der Waals surface area contributed by atoms with E-state index >= 15 is 0 Å². The summed E-state index contributed by atoms with van der Waals surface area (Å²) >= 11 is 0. The topological polar surface area (TPSA) is 63.3 Å². The van der Waals surface area contributed by atoms with Gasteiger partial charge >= 0.3 is 0 Å². The van der Waals surface area contributed by atoms with Crippen LogP contribution in [0.4, 0.5) is 0 Å². The predicted molar refractivity (Wildman–Crippen MR) is 119 cm³/mol. The largest absolute Gasteiger partial charge is 0.357 e.